The maximum absolute atomic E-state index is 11.7. The van der Waals surface area contributed by atoms with Crippen LogP contribution in [0.5, 0.6) is 0 Å². The van der Waals surface area contributed by atoms with Crippen molar-refractivity contribution in [1.82, 2.24) is 14.3 Å². The molecular weight excluding hydrogens is 240 g/mol. The summed E-state index contributed by atoms with van der Waals surface area (Å²) in [5, 5.41) is 4.10. The highest BCUT2D eigenvalue weighted by molar-refractivity contribution is 5.55. The van der Waals surface area contributed by atoms with Crippen LogP contribution in [0.15, 0.2) is 35.4 Å². The molecule has 2 heterocycles. The molecule has 0 N–H and O–H groups in total. The van der Waals surface area contributed by atoms with Gasteiger partial charge in [0.15, 0.2) is 0 Å². The van der Waals surface area contributed by atoms with Gasteiger partial charge in [-0.1, -0.05) is 18.2 Å². The van der Waals surface area contributed by atoms with Crippen molar-refractivity contribution in [1.29, 1.82) is 0 Å². The van der Waals surface area contributed by atoms with E-state index < -0.39 is 0 Å². The van der Waals surface area contributed by atoms with Gasteiger partial charge < -0.3 is 4.90 Å². The zero-order valence-corrected chi connectivity index (χ0v) is 11.1. The van der Waals surface area contributed by atoms with E-state index in [1.165, 1.54) is 26.9 Å². The standard InChI is InChI=1S/C14H18N4O/c1-16-11-15-18(14(16)19)10-9-17-8-4-6-12-5-2-3-7-13(12)17/h2-3,5,7,11H,4,6,8-10H2,1H3. The van der Waals surface area contributed by atoms with Crippen LogP contribution in [0.25, 0.3) is 0 Å². The van der Waals surface area contributed by atoms with Crippen molar-refractivity contribution in [2.45, 2.75) is 19.4 Å². The Morgan fingerprint density at radius 3 is 2.89 bits per heavy atom. The van der Waals surface area contributed by atoms with E-state index in [1.54, 1.807) is 13.4 Å². The smallest absolute Gasteiger partial charge is 0.345 e. The number of benzene rings is 1. The highest BCUT2D eigenvalue weighted by Crippen LogP contribution is 2.26. The van der Waals surface area contributed by atoms with E-state index in [4.69, 9.17) is 0 Å². The van der Waals surface area contributed by atoms with E-state index >= 15 is 0 Å². The van der Waals surface area contributed by atoms with Gasteiger partial charge >= 0.3 is 5.69 Å². The molecule has 100 valence electrons. The third-order valence-corrected chi connectivity index (χ3v) is 3.67. The molecule has 5 heteroatoms. The maximum atomic E-state index is 11.7. The maximum Gasteiger partial charge on any atom is 0.345 e. The van der Waals surface area contributed by atoms with E-state index in [0.29, 0.717) is 6.54 Å². The van der Waals surface area contributed by atoms with Crippen LogP contribution >= 0.6 is 0 Å². The van der Waals surface area contributed by atoms with E-state index in [-0.39, 0.29) is 5.69 Å². The van der Waals surface area contributed by atoms with Crippen LogP contribution in [-0.4, -0.2) is 27.4 Å². The quantitative estimate of drug-likeness (QED) is 0.826. The average molecular weight is 258 g/mol. The molecule has 3 rings (SSSR count). The number of anilines is 1. The molecule has 1 aliphatic rings. The number of fused-ring (bicyclic) bond motifs is 1. The molecule has 0 atom stereocenters. The molecule has 0 saturated carbocycles. The topological polar surface area (TPSA) is 43.1 Å². The van der Waals surface area contributed by atoms with Gasteiger partial charge in [0.1, 0.15) is 6.33 Å². The minimum atomic E-state index is -0.0507. The summed E-state index contributed by atoms with van der Waals surface area (Å²) in [5.41, 5.74) is 2.66. The minimum absolute atomic E-state index is 0.0507. The fourth-order valence-corrected chi connectivity index (χ4v) is 2.63. The molecule has 5 nitrogen and oxygen atoms in total. The van der Waals surface area contributed by atoms with Crippen LogP contribution in [0.3, 0.4) is 0 Å². The number of nitrogens with zero attached hydrogens (tertiary/aromatic N) is 4. The second-order valence-electron chi connectivity index (χ2n) is 4.97. The van der Waals surface area contributed by atoms with Crippen molar-refractivity contribution < 1.29 is 0 Å². The number of rotatable bonds is 3. The lowest BCUT2D eigenvalue weighted by molar-refractivity contribution is 0.559. The Morgan fingerprint density at radius 1 is 1.26 bits per heavy atom. The highest BCUT2D eigenvalue weighted by atomic mass is 16.2. The third kappa shape index (κ3) is 2.28. The number of aryl methyl sites for hydroxylation is 2. The zero-order valence-electron chi connectivity index (χ0n) is 11.1. The highest BCUT2D eigenvalue weighted by Gasteiger charge is 2.16. The van der Waals surface area contributed by atoms with Crippen LogP contribution < -0.4 is 10.6 Å². The number of hydrogen-bond acceptors (Lipinski definition) is 3. The molecular formula is C14H18N4O. The normalized spacial score (nSPS) is 14.5. The molecule has 1 aromatic carbocycles. The predicted molar refractivity (Wildman–Crippen MR) is 74.4 cm³/mol. The van der Waals surface area contributed by atoms with Crippen LogP contribution in [0.2, 0.25) is 0 Å². The average Bonchev–Trinajstić information content (AvgIpc) is 2.76. The first-order chi connectivity index (χ1) is 9.25. The summed E-state index contributed by atoms with van der Waals surface area (Å²) < 4.78 is 3.03. The SMILES string of the molecule is Cn1cnn(CCN2CCCc3ccccc32)c1=O. The number of aromatic nitrogens is 3. The van der Waals surface area contributed by atoms with Crippen molar-refractivity contribution in [2.75, 3.05) is 18.0 Å². The third-order valence-electron chi connectivity index (χ3n) is 3.67. The van der Waals surface area contributed by atoms with Gasteiger partial charge in [-0.25, -0.2) is 9.48 Å². The first kappa shape index (κ1) is 12.0. The Kier molecular flexibility index (Phi) is 3.11. The molecule has 0 amide bonds. The van der Waals surface area contributed by atoms with Gasteiger partial charge in [-0.3, -0.25) is 4.57 Å². The Bertz CT molecular complexity index is 628. The lowest BCUT2D eigenvalue weighted by Crippen LogP contribution is -2.35. The first-order valence-electron chi connectivity index (χ1n) is 6.67. The first-order valence-corrected chi connectivity index (χ1v) is 6.67. The van der Waals surface area contributed by atoms with Crippen LogP contribution in [0.1, 0.15) is 12.0 Å². The molecule has 0 aliphatic carbocycles. The molecule has 1 aromatic heterocycles. The molecule has 19 heavy (non-hydrogen) atoms. The van der Waals surface area contributed by atoms with Gasteiger partial charge in [0, 0.05) is 25.8 Å². The Hall–Kier alpha value is -2.04. The molecule has 0 fully saturated rings. The summed E-state index contributed by atoms with van der Waals surface area (Å²) in [7, 11) is 1.72. The van der Waals surface area contributed by atoms with Gasteiger partial charge in [-0.15, -0.1) is 0 Å². The molecule has 2 aromatic rings. The summed E-state index contributed by atoms with van der Waals surface area (Å²) in [6.07, 6.45) is 3.89. The fraction of sp³-hybridized carbons (Fsp3) is 0.429. The molecule has 0 unspecified atom stereocenters. The van der Waals surface area contributed by atoms with Gasteiger partial charge in [-0.05, 0) is 24.5 Å². The molecule has 0 radical (unpaired) electrons. The van der Waals surface area contributed by atoms with Gasteiger partial charge in [0.05, 0.1) is 6.54 Å². The van der Waals surface area contributed by atoms with E-state index in [2.05, 4.69) is 34.3 Å². The Labute approximate surface area is 112 Å². The lowest BCUT2D eigenvalue weighted by Gasteiger charge is -2.31. The summed E-state index contributed by atoms with van der Waals surface area (Å²) >= 11 is 0. The van der Waals surface area contributed by atoms with Crippen molar-refractivity contribution >= 4 is 5.69 Å². The van der Waals surface area contributed by atoms with E-state index in [1.807, 2.05) is 0 Å². The van der Waals surface area contributed by atoms with Crippen molar-refractivity contribution in [3.8, 4) is 0 Å². The largest absolute Gasteiger partial charge is 0.369 e. The van der Waals surface area contributed by atoms with Crippen LogP contribution in [0, 0.1) is 0 Å². The van der Waals surface area contributed by atoms with Gasteiger partial charge in [0.25, 0.3) is 0 Å². The Balaban J connectivity index is 1.75. The number of para-hydroxylation sites is 1. The van der Waals surface area contributed by atoms with Crippen LogP contribution in [0.4, 0.5) is 5.69 Å². The summed E-state index contributed by atoms with van der Waals surface area (Å²) in [5.74, 6) is 0. The van der Waals surface area contributed by atoms with Gasteiger partial charge in [-0.2, -0.15) is 5.10 Å². The zero-order chi connectivity index (χ0) is 13.2. The summed E-state index contributed by atoms with van der Waals surface area (Å²) in [4.78, 5) is 14.1. The molecule has 0 bridgehead atoms. The summed E-state index contributed by atoms with van der Waals surface area (Å²) in [6, 6.07) is 8.51. The van der Waals surface area contributed by atoms with Crippen molar-refractivity contribution in [3.05, 3.63) is 46.6 Å². The monoisotopic (exact) mass is 258 g/mol. The fourth-order valence-electron chi connectivity index (χ4n) is 2.63. The van der Waals surface area contributed by atoms with Gasteiger partial charge in [0.2, 0.25) is 0 Å². The number of hydrogen-bond donors (Lipinski definition) is 0. The van der Waals surface area contributed by atoms with E-state index in [9.17, 15) is 4.79 Å². The second-order valence-corrected chi connectivity index (χ2v) is 4.97. The molecule has 0 spiro atoms. The molecule has 0 saturated heterocycles. The second kappa shape index (κ2) is 4.91. The Morgan fingerprint density at radius 2 is 2.11 bits per heavy atom. The lowest BCUT2D eigenvalue weighted by atomic mass is 10.0. The minimum Gasteiger partial charge on any atom is -0.369 e. The summed E-state index contributed by atoms with van der Waals surface area (Å²) in [6.45, 7) is 2.51. The van der Waals surface area contributed by atoms with Crippen molar-refractivity contribution in [3.63, 3.8) is 0 Å². The van der Waals surface area contributed by atoms with Crippen LogP contribution in [-0.2, 0) is 20.0 Å². The van der Waals surface area contributed by atoms with Crippen molar-refractivity contribution in [2.24, 2.45) is 7.05 Å². The predicted octanol–water partition coefficient (Wildman–Crippen LogP) is 1.03. The van der Waals surface area contributed by atoms with E-state index in [0.717, 1.165) is 19.5 Å². The molecule has 1 aliphatic heterocycles.